The predicted octanol–water partition coefficient (Wildman–Crippen LogP) is 2.27. The summed E-state index contributed by atoms with van der Waals surface area (Å²) in [5.41, 5.74) is 1.93. The normalized spacial score (nSPS) is 24.3. The van der Waals surface area contributed by atoms with E-state index in [1.54, 1.807) is 14.2 Å². The van der Waals surface area contributed by atoms with Gasteiger partial charge in [-0.15, -0.1) is 0 Å². The number of hydrogen-bond acceptors (Lipinski definition) is 7. The van der Waals surface area contributed by atoms with Crippen LogP contribution in [0.25, 0.3) is 0 Å². The van der Waals surface area contributed by atoms with E-state index in [4.69, 9.17) is 23.7 Å². The lowest BCUT2D eigenvalue weighted by Gasteiger charge is -2.37. The molecule has 2 aromatic carbocycles. The third kappa shape index (κ3) is 6.16. The highest BCUT2D eigenvalue weighted by molar-refractivity contribution is 5.27. The second kappa shape index (κ2) is 10.6. The zero-order chi connectivity index (χ0) is 20.6. The van der Waals surface area contributed by atoms with Gasteiger partial charge in [0.1, 0.15) is 23.7 Å². The average Bonchev–Trinajstić information content (AvgIpc) is 2.74. The largest absolute Gasteiger partial charge is 0.497 e. The van der Waals surface area contributed by atoms with Gasteiger partial charge in [0, 0.05) is 6.42 Å². The summed E-state index contributed by atoms with van der Waals surface area (Å²) in [6.07, 6.45) is -2.96. The number of benzene rings is 2. The van der Waals surface area contributed by atoms with E-state index in [1.807, 2.05) is 48.5 Å². The van der Waals surface area contributed by atoms with Crippen LogP contribution in [0.3, 0.4) is 0 Å². The van der Waals surface area contributed by atoms with Crippen molar-refractivity contribution in [2.75, 3.05) is 20.8 Å². The van der Waals surface area contributed by atoms with Gasteiger partial charge in [-0.1, -0.05) is 24.3 Å². The van der Waals surface area contributed by atoms with Crippen molar-refractivity contribution >= 4 is 0 Å². The van der Waals surface area contributed by atoms with E-state index < -0.39 is 24.6 Å². The molecule has 1 heterocycles. The van der Waals surface area contributed by atoms with Gasteiger partial charge >= 0.3 is 0 Å². The Balaban J connectivity index is 1.54. The topological polar surface area (TPSA) is 86.6 Å². The van der Waals surface area contributed by atoms with Gasteiger partial charge in [-0.2, -0.15) is 0 Å². The molecule has 7 nitrogen and oxygen atoms in total. The zero-order valence-electron chi connectivity index (χ0n) is 16.7. The van der Waals surface area contributed by atoms with Crippen molar-refractivity contribution in [3.8, 4) is 11.5 Å². The fraction of sp³-hybridized carbons (Fsp3) is 0.455. The number of hydrogen-bond donors (Lipinski definition) is 2. The highest BCUT2D eigenvalue weighted by Crippen LogP contribution is 2.24. The van der Waals surface area contributed by atoms with Gasteiger partial charge in [-0.25, -0.2) is 0 Å². The van der Waals surface area contributed by atoms with E-state index in [1.165, 1.54) is 0 Å². The summed E-state index contributed by atoms with van der Waals surface area (Å²) in [4.78, 5) is 0. The van der Waals surface area contributed by atoms with E-state index >= 15 is 0 Å². The highest BCUT2D eigenvalue weighted by Gasteiger charge is 2.38. The van der Waals surface area contributed by atoms with Crippen LogP contribution in [-0.4, -0.2) is 55.6 Å². The van der Waals surface area contributed by atoms with Crippen molar-refractivity contribution in [3.63, 3.8) is 0 Å². The monoisotopic (exact) mass is 404 g/mol. The molecule has 0 aromatic heterocycles. The van der Waals surface area contributed by atoms with Crippen LogP contribution in [0.5, 0.6) is 11.5 Å². The zero-order valence-corrected chi connectivity index (χ0v) is 16.7. The Bertz CT molecular complexity index is 732. The molecular weight excluding hydrogens is 376 g/mol. The number of methoxy groups -OCH3 is 2. The number of ether oxygens (including phenoxy) is 5. The first-order chi connectivity index (χ1) is 14.1. The second-order valence-corrected chi connectivity index (χ2v) is 6.92. The SMILES string of the molecule is COc1ccc(COC[C@H]2OC(O)C[C@@H](O)[C@@H]2OCc2ccc(OC)cc2)cc1. The summed E-state index contributed by atoms with van der Waals surface area (Å²) in [7, 11) is 3.23. The Morgan fingerprint density at radius 2 is 1.41 bits per heavy atom. The summed E-state index contributed by atoms with van der Waals surface area (Å²) in [6.45, 7) is 0.870. The lowest BCUT2D eigenvalue weighted by Crippen LogP contribution is -2.51. The quantitative estimate of drug-likeness (QED) is 0.663. The van der Waals surface area contributed by atoms with Gasteiger partial charge in [0.25, 0.3) is 0 Å². The highest BCUT2D eigenvalue weighted by atomic mass is 16.6. The van der Waals surface area contributed by atoms with Crippen LogP contribution in [0.1, 0.15) is 17.5 Å². The number of aliphatic hydroxyl groups excluding tert-OH is 2. The van der Waals surface area contributed by atoms with Crippen molar-refractivity contribution in [1.29, 1.82) is 0 Å². The molecule has 0 bridgehead atoms. The molecule has 4 atom stereocenters. The van der Waals surface area contributed by atoms with Gasteiger partial charge in [-0.3, -0.25) is 0 Å². The van der Waals surface area contributed by atoms with Crippen molar-refractivity contribution in [1.82, 2.24) is 0 Å². The number of rotatable bonds is 9. The van der Waals surface area contributed by atoms with Crippen LogP contribution >= 0.6 is 0 Å². The molecule has 2 N–H and O–H groups in total. The smallest absolute Gasteiger partial charge is 0.157 e. The van der Waals surface area contributed by atoms with E-state index in [2.05, 4.69) is 0 Å². The Morgan fingerprint density at radius 3 is 1.97 bits per heavy atom. The molecular formula is C22H28O7. The molecule has 0 spiro atoms. The van der Waals surface area contributed by atoms with Crippen molar-refractivity contribution in [2.45, 2.75) is 44.2 Å². The first kappa shape index (κ1) is 21.5. The Morgan fingerprint density at radius 1 is 0.862 bits per heavy atom. The fourth-order valence-corrected chi connectivity index (χ4v) is 3.20. The Labute approximate surface area is 170 Å². The molecule has 0 aliphatic carbocycles. The maximum atomic E-state index is 10.4. The first-order valence-corrected chi connectivity index (χ1v) is 9.56. The van der Waals surface area contributed by atoms with Gasteiger partial charge in [0.15, 0.2) is 6.29 Å². The molecule has 1 aliphatic heterocycles. The van der Waals surface area contributed by atoms with Gasteiger partial charge in [0.05, 0.1) is 40.1 Å². The predicted molar refractivity (Wildman–Crippen MR) is 106 cm³/mol. The molecule has 0 amide bonds. The van der Waals surface area contributed by atoms with Crippen LogP contribution in [-0.2, 0) is 27.4 Å². The third-order valence-corrected chi connectivity index (χ3v) is 4.83. The van der Waals surface area contributed by atoms with E-state index in [9.17, 15) is 10.2 Å². The van der Waals surface area contributed by atoms with E-state index in [-0.39, 0.29) is 13.0 Å². The van der Waals surface area contributed by atoms with E-state index in [0.29, 0.717) is 13.2 Å². The summed E-state index contributed by atoms with van der Waals surface area (Å²) >= 11 is 0. The van der Waals surface area contributed by atoms with Gasteiger partial charge < -0.3 is 33.9 Å². The molecule has 3 rings (SSSR count). The Hall–Kier alpha value is -2.16. The molecule has 0 radical (unpaired) electrons. The molecule has 1 saturated heterocycles. The summed E-state index contributed by atoms with van der Waals surface area (Å²) in [5, 5.41) is 20.3. The molecule has 158 valence electrons. The lowest BCUT2D eigenvalue weighted by atomic mass is 10.0. The molecule has 1 unspecified atom stereocenters. The fourth-order valence-electron chi connectivity index (χ4n) is 3.20. The van der Waals surface area contributed by atoms with Crippen LogP contribution < -0.4 is 9.47 Å². The average molecular weight is 404 g/mol. The maximum absolute atomic E-state index is 10.4. The molecule has 0 saturated carbocycles. The van der Waals surface area contributed by atoms with Crippen LogP contribution in [0.2, 0.25) is 0 Å². The maximum Gasteiger partial charge on any atom is 0.157 e. The lowest BCUT2D eigenvalue weighted by molar-refractivity contribution is -0.255. The molecule has 2 aromatic rings. The summed E-state index contributed by atoms with van der Waals surface area (Å²) < 4.78 is 27.6. The van der Waals surface area contributed by atoms with Crippen molar-refractivity contribution in [2.24, 2.45) is 0 Å². The first-order valence-electron chi connectivity index (χ1n) is 9.56. The minimum atomic E-state index is -1.04. The van der Waals surface area contributed by atoms with Crippen molar-refractivity contribution in [3.05, 3.63) is 59.7 Å². The molecule has 29 heavy (non-hydrogen) atoms. The summed E-state index contributed by atoms with van der Waals surface area (Å²) in [6, 6.07) is 15.1. The standard InChI is InChI=1S/C22H28O7/c1-25-17-7-3-15(4-8-17)12-27-14-20-22(19(23)11-21(24)29-20)28-13-16-5-9-18(26-2)10-6-16/h3-10,19-24H,11-14H2,1-2H3/t19-,20-,21?,22+/m1/s1. The van der Waals surface area contributed by atoms with Crippen LogP contribution in [0.4, 0.5) is 0 Å². The van der Waals surface area contributed by atoms with Gasteiger partial charge in [0.2, 0.25) is 0 Å². The molecule has 1 aliphatic rings. The van der Waals surface area contributed by atoms with Crippen LogP contribution in [0.15, 0.2) is 48.5 Å². The minimum absolute atomic E-state index is 0.0995. The van der Waals surface area contributed by atoms with Gasteiger partial charge in [-0.05, 0) is 35.4 Å². The van der Waals surface area contributed by atoms with Crippen LogP contribution in [0, 0.1) is 0 Å². The second-order valence-electron chi connectivity index (χ2n) is 6.92. The summed E-state index contributed by atoms with van der Waals surface area (Å²) in [5.74, 6) is 1.55. The van der Waals surface area contributed by atoms with E-state index in [0.717, 1.165) is 22.6 Å². The third-order valence-electron chi connectivity index (χ3n) is 4.83. The Kier molecular flexibility index (Phi) is 7.85. The molecule has 1 fully saturated rings. The minimum Gasteiger partial charge on any atom is -0.497 e. The van der Waals surface area contributed by atoms with Crippen molar-refractivity contribution < 1.29 is 33.9 Å². The number of aliphatic hydroxyl groups is 2. The molecule has 7 heteroatoms.